The maximum atomic E-state index is 5.60. The fraction of sp³-hybridized carbons (Fsp3) is 0.143. The zero-order valence-electron chi connectivity index (χ0n) is 10.7. The van der Waals surface area contributed by atoms with Gasteiger partial charge in [-0.3, -0.25) is 0 Å². The second-order valence-electron chi connectivity index (χ2n) is 4.03. The van der Waals surface area contributed by atoms with Crippen molar-refractivity contribution in [3.05, 3.63) is 46.9 Å². The number of fused-ring (bicyclic) bond motifs is 1. The molecule has 0 aliphatic rings. The lowest BCUT2D eigenvalue weighted by atomic mass is 10.3. The van der Waals surface area contributed by atoms with Crippen molar-refractivity contribution in [3.8, 4) is 11.5 Å². The van der Waals surface area contributed by atoms with Gasteiger partial charge in [-0.05, 0) is 52.3 Å². The Morgan fingerprint density at radius 2 is 1.80 bits per heavy atom. The molecular formula is C14H11BrN2O3. The lowest BCUT2D eigenvalue weighted by molar-refractivity contribution is 0.267. The highest BCUT2D eigenvalue weighted by molar-refractivity contribution is 9.10. The highest BCUT2D eigenvalue weighted by Crippen LogP contribution is 2.20. The van der Waals surface area contributed by atoms with Gasteiger partial charge in [-0.15, -0.1) is 0 Å². The quantitative estimate of drug-likeness (QED) is 0.682. The zero-order valence-corrected chi connectivity index (χ0v) is 12.3. The van der Waals surface area contributed by atoms with E-state index in [0.29, 0.717) is 17.1 Å². The average molecular weight is 335 g/mol. The van der Waals surface area contributed by atoms with Crippen LogP contribution < -0.4 is 9.47 Å². The van der Waals surface area contributed by atoms with Crippen LogP contribution in [0.1, 0.15) is 5.89 Å². The molecule has 0 saturated carbocycles. The molecule has 5 nitrogen and oxygen atoms in total. The third-order valence-corrected chi connectivity index (χ3v) is 3.13. The normalized spacial score (nSPS) is 10.7. The number of benzene rings is 1. The average Bonchev–Trinajstić information content (AvgIpc) is 2.87. The van der Waals surface area contributed by atoms with E-state index in [1.54, 1.807) is 7.11 Å². The van der Waals surface area contributed by atoms with Gasteiger partial charge in [-0.2, -0.15) is 4.98 Å². The first-order chi connectivity index (χ1) is 9.74. The van der Waals surface area contributed by atoms with Crippen molar-refractivity contribution in [2.45, 2.75) is 6.61 Å². The molecule has 0 aliphatic carbocycles. The summed E-state index contributed by atoms with van der Waals surface area (Å²) >= 11 is 3.30. The smallest absolute Gasteiger partial charge is 0.235 e. The minimum Gasteiger partial charge on any atom is -0.497 e. The van der Waals surface area contributed by atoms with Crippen molar-refractivity contribution in [3.63, 3.8) is 0 Å². The molecule has 0 fully saturated rings. The number of methoxy groups -OCH3 is 1. The Morgan fingerprint density at radius 1 is 1.05 bits per heavy atom. The van der Waals surface area contributed by atoms with Gasteiger partial charge in [0.1, 0.15) is 16.1 Å². The number of ether oxygens (including phenoxy) is 2. The third-order valence-electron chi connectivity index (χ3n) is 2.69. The van der Waals surface area contributed by atoms with Crippen molar-refractivity contribution in [2.24, 2.45) is 0 Å². The summed E-state index contributed by atoms with van der Waals surface area (Å²) in [5, 5.41) is 0. The molecule has 2 heterocycles. The molecule has 0 radical (unpaired) electrons. The second-order valence-corrected chi connectivity index (χ2v) is 4.84. The Kier molecular flexibility index (Phi) is 3.56. The first-order valence-corrected chi connectivity index (χ1v) is 6.73. The second kappa shape index (κ2) is 5.50. The van der Waals surface area contributed by atoms with Gasteiger partial charge in [0, 0.05) is 0 Å². The largest absolute Gasteiger partial charge is 0.497 e. The van der Waals surface area contributed by atoms with Crippen LogP contribution in [0.15, 0.2) is 45.4 Å². The Morgan fingerprint density at radius 3 is 2.55 bits per heavy atom. The van der Waals surface area contributed by atoms with Gasteiger partial charge < -0.3 is 13.9 Å². The van der Waals surface area contributed by atoms with Gasteiger partial charge >= 0.3 is 0 Å². The van der Waals surface area contributed by atoms with E-state index >= 15 is 0 Å². The Labute approximate surface area is 123 Å². The summed E-state index contributed by atoms with van der Waals surface area (Å²) in [6.07, 6.45) is 0. The number of hydrogen-bond acceptors (Lipinski definition) is 5. The van der Waals surface area contributed by atoms with Crippen LogP contribution in [0.3, 0.4) is 0 Å². The molecule has 0 N–H and O–H groups in total. The molecule has 2 aromatic heterocycles. The van der Waals surface area contributed by atoms with E-state index in [1.807, 2.05) is 36.4 Å². The molecule has 0 bridgehead atoms. The number of pyridine rings is 1. The number of nitrogens with zero attached hydrogens (tertiary/aromatic N) is 2. The van der Waals surface area contributed by atoms with E-state index in [2.05, 4.69) is 25.9 Å². The number of oxazole rings is 1. The molecule has 0 aliphatic heterocycles. The molecule has 20 heavy (non-hydrogen) atoms. The SMILES string of the molecule is COc1ccc(OCc2nc3nc(Br)ccc3o2)cc1. The first-order valence-electron chi connectivity index (χ1n) is 5.93. The van der Waals surface area contributed by atoms with Crippen molar-refractivity contribution < 1.29 is 13.9 Å². The van der Waals surface area contributed by atoms with Crippen LogP contribution in [0.25, 0.3) is 11.2 Å². The lowest BCUT2D eigenvalue weighted by Crippen LogP contribution is -1.95. The molecule has 3 aromatic rings. The first kappa shape index (κ1) is 12.9. The molecule has 3 rings (SSSR count). The maximum Gasteiger partial charge on any atom is 0.235 e. The summed E-state index contributed by atoms with van der Waals surface area (Å²) in [6, 6.07) is 10.9. The third kappa shape index (κ3) is 2.75. The van der Waals surface area contributed by atoms with Crippen LogP contribution in [-0.2, 0) is 6.61 Å². The van der Waals surface area contributed by atoms with Crippen molar-refractivity contribution in [1.82, 2.24) is 9.97 Å². The number of hydrogen-bond donors (Lipinski definition) is 0. The summed E-state index contributed by atoms with van der Waals surface area (Å²) in [5.41, 5.74) is 1.20. The van der Waals surface area contributed by atoms with Crippen LogP contribution in [0.5, 0.6) is 11.5 Å². The van der Waals surface area contributed by atoms with Gasteiger partial charge in [-0.25, -0.2) is 4.98 Å². The minimum atomic E-state index is 0.250. The van der Waals surface area contributed by atoms with Crippen LogP contribution in [-0.4, -0.2) is 17.1 Å². The van der Waals surface area contributed by atoms with E-state index < -0.39 is 0 Å². The van der Waals surface area contributed by atoms with Gasteiger partial charge in [0.25, 0.3) is 0 Å². The molecular weight excluding hydrogens is 324 g/mol. The molecule has 1 aromatic carbocycles. The van der Waals surface area contributed by atoms with Crippen molar-refractivity contribution >= 4 is 27.2 Å². The summed E-state index contributed by atoms with van der Waals surface area (Å²) < 4.78 is 17.0. The molecule has 0 atom stereocenters. The monoisotopic (exact) mass is 334 g/mol. The zero-order chi connectivity index (χ0) is 13.9. The molecule has 0 unspecified atom stereocenters. The molecule has 0 spiro atoms. The van der Waals surface area contributed by atoms with Gasteiger partial charge in [-0.1, -0.05) is 0 Å². The van der Waals surface area contributed by atoms with Crippen LogP contribution in [0.2, 0.25) is 0 Å². The predicted molar refractivity (Wildman–Crippen MR) is 76.8 cm³/mol. The van der Waals surface area contributed by atoms with Gasteiger partial charge in [0.05, 0.1) is 7.11 Å². The molecule has 0 saturated heterocycles. The van der Waals surface area contributed by atoms with E-state index in [9.17, 15) is 0 Å². The minimum absolute atomic E-state index is 0.250. The molecule has 102 valence electrons. The fourth-order valence-electron chi connectivity index (χ4n) is 1.72. The van der Waals surface area contributed by atoms with E-state index in [1.165, 1.54) is 0 Å². The topological polar surface area (TPSA) is 57.4 Å². The number of rotatable bonds is 4. The Bertz CT molecular complexity index is 725. The highest BCUT2D eigenvalue weighted by atomic mass is 79.9. The van der Waals surface area contributed by atoms with Gasteiger partial charge in [0.2, 0.25) is 5.89 Å². The summed E-state index contributed by atoms with van der Waals surface area (Å²) in [5.74, 6) is 2.00. The number of halogens is 1. The van der Waals surface area contributed by atoms with E-state index in [4.69, 9.17) is 13.9 Å². The van der Waals surface area contributed by atoms with Crippen molar-refractivity contribution in [2.75, 3.05) is 7.11 Å². The standard InChI is InChI=1S/C14H11BrN2O3/c1-18-9-2-4-10(5-3-9)19-8-13-17-14-11(20-13)6-7-12(15)16-14/h2-7H,8H2,1H3. The Hall–Kier alpha value is -2.08. The molecule has 6 heteroatoms. The van der Waals surface area contributed by atoms with Crippen LogP contribution >= 0.6 is 15.9 Å². The number of aromatic nitrogens is 2. The van der Waals surface area contributed by atoms with Crippen molar-refractivity contribution in [1.29, 1.82) is 0 Å². The predicted octanol–water partition coefficient (Wildman–Crippen LogP) is 3.57. The van der Waals surface area contributed by atoms with Gasteiger partial charge in [0.15, 0.2) is 17.8 Å². The van der Waals surface area contributed by atoms with Crippen LogP contribution in [0, 0.1) is 0 Å². The fourth-order valence-corrected chi connectivity index (χ4v) is 2.02. The summed E-state index contributed by atoms with van der Waals surface area (Å²) in [6.45, 7) is 0.250. The maximum absolute atomic E-state index is 5.60. The van der Waals surface area contributed by atoms with E-state index in [-0.39, 0.29) is 6.61 Å². The van der Waals surface area contributed by atoms with Crippen LogP contribution in [0.4, 0.5) is 0 Å². The Balaban J connectivity index is 1.72. The van der Waals surface area contributed by atoms with E-state index in [0.717, 1.165) is 16.1 Å². The lowest BCUT2D eigenvalue weighted by Gasteiger charge is -2.04. The highest BCUT2D eigenvalue weighted by Gasteiger charge is 2.08. The molecule has 0 amide bonds. The summed E-state index contributed by atoms with van der Waals surface area (Å²) in [7, 11) is 1.62. The summed E-state index contributed by atoms with van der Waals surface area (Å²) in [4.78, 5) is 8.48.